The smallest absolute Gasteiger partial charge is 0.327 e. The lowest BCUT2D eigenvalue weighted by Gasteiger charge is -2.28. The number of carboxylic acid groups (broad SMARTS) is 1. The number of anilines is 2. The van der Waals surface area contributed by atoms with Crippen LogP contribution in [0.3, 0.4) is 0 Å². The van der Waals surface area contributed by atoms with E-state index in [1.165, 1.54) is 11.6 Å². The van der Waals surface area contributed by atoms with Gasteiger partial charge >= 0.3 is 5.97 Å². The van der Waals surface area contributed by atoms with Gasteiger partial charge in [0.1, 0.15) is 0 Å². The lowest BCUT2D eigenvalue weighted by molar-refractivity contribution is -0.131. The predicted molar refractivity (Wildman–Crippen MR) is 123 cm³/mol. The molecule has 2 N–H and O–H groups in total. The molecule has 0 saturated heterocycles. The SMILES string of the molecule is O=C(O)C=CCC1CCC(c2ccc(-c3cnc(Nc4cccc(Cl)c4)o3)cc2)CC1. The van der Waals surface area contributed by atoms with Crippen LogP contribution in [-0.2, 0) is 4.79 Å². The van der Waals surface area contributed by atoms with E-state index in [1.54, 1.807) is 12.3 Å². The summed E-state index contributed by atoms with van der Waals surface area (Å²) in [5.74, 6) is 0.993. The van der Waals surface area contributed by atoms with Crippen molar-refractivity contribution in [1.29, 1.82) is 0 Å². The quantitative estimate of drug-likeness (QED) is 0.388. The number of aliphatic carboxylic acids is 1. The zero-order chi connectivity index (χ0) is 21.6. The Kier molecular flexibility index (Phi) is 6.73. The van der Waals surface area contributed by atoms with Crippen molar-refractivity contribution in [1.82, 2.24) is 4.98 Å². The molecule has 160 valence electrons. The van der Waals surface area contributed by atoms with Gasteiger partial charge in [0, 0.05) is 22.3 Å². The molecule has 0 bridgehead atoms. The Balaban J connectivity index is 1.34. The highest BCUT2D eigenvalue weighted by atomic mass is 35.5. The average molecular weight is 437 g/mol. The molecule has 0 spiro atoms. The maximum Gasteiger partial charge on any atom is 0.327 e. The van der Waals surface area contributed by atoms with Gasteiger partial charge in [-0.05, 0) is 67.7 Å². The number of hydrogen-bond acceptors (Lipinski definition) is 4. The highest BCUT2D eigenvalue weighted by molar-refractivity contribution is 6.30. The Bertz CT molecular complexity index is 1050. The number of hydrogen-bond donors (Lipinski definition) is 2. The van der Waals surface area contributed by atoms with Gasteiger partial charge < -0.3 is 14.8 Å². The molecule has 0 unspecified atom stereocenters. The van der Waals surface area contributed by atoms with E-state index in [1.807, 2.05) is 24.3 Å². The molecule has 3 aromatic rings. The zero-order valence-electron chi connectivity index (χ0n) is 17.1. The Morgan fingerprint density at radius 2 is 1.94 bits per heavy atom. The summed E-state index contributed by atoms with van der Waals surface area (Å²) >= 11 is 6.02. The fourth-order valence-corrected chi connectivity index (χ4v) is 4.36. The summed E-state index contributed by atoms with van der Waals surface area (Å²) in [4.78, 5) is 14.9. The topological polar surface area (TPSA) is 75.4 Å². The second kappa shape index (κ2) is 9.84. The molecule has 0 radical (unpaired) electrons. The number of nitrogens with zero attached hydrogens (tertiary/aromatic N) is 1. The molecule has 1 heterocycles. The van der Waals surface area contributed by atoms with Gasteiger partial charge in [0.05, 0.1) is 6.20 Å². The van der Waals surface area contributed by atoms with Crippen LogP contribution in [0.25, 0.3) is 11.3 Å². The summed E-state index contributed by atoms with van der Waals surface area (Å²) in [5.41, 5.74) is 3.16. The van der Waals surface area contributed by atoms with Crippen LogP contribution in [0.2, 0.25) is 5.02 Å². The maximum absolute atomic E-state index is 10.6. The lowest BCUT2D eigenvalue weighted by atomic mass is 9.77. The molecule has 0 aliphatic heterocycles. The summed E-state index contributed by atoms with van der Waals surface area (Å²) in [6.07, 6.45) is 10.2. The minimum Gasteiger partial charge on any atom is -0.478 e. The van der Waals surface area contributed by atoms with Crippen molar-refractivity contribution in [2.45, 2.75) is 38.0 Å². The van der Waals surface area contributed by atoms with E-state index < -0.39 is 5.97 Å². The van der Waals surface area contributed by atoms with E-state index >= 15 is 0 Å². The van der Waals surface area contributed by atoms with Gasteiger partial charge in [-0.2, -0.15) is 0 Å². The number of allylic oxidation sites excluding steroid dienone is 1. The highest BCUT2D eigenvalue weighted by Gasteiger charge is 2.21. The van der Waals surface area contributed by atoms with Crippen LogP contribution in [0, 0.1) is 5.92 Å². The van der Waals surface area contributed by atoms with Gasteiger partial charge in [0.2, 0.25) is 0 Å². The molecule has 5 nitrogen and oxygen atoms in total. The normalized spacial score (nSPS) is 18.9. The number of aromatic nitrogens is 1. The molecule has 31 heavy (non-hydrogen) atoms. The molecule has 2 aromatic carbocycles. The Hall–Kier alpha value is -3.05. The Labute approximate surface area is 186 Å². The molecule has 1 aliphatic rings. The minimum atomic E-state index is -0.868. The third-order valence-electron chi connectivity index (χ3n) is 5.82. The average Bonchev–Trinajstić information content (AvgIpc) is 3.23. The van der Waals surface area contributed by atoms with Crippen LogP contribution < -0.4 is 5.32 Å². The standard InChI is InChI=1S/C25H25ClN2O3/c26-21-4-2-5-22(15-21)28-25-27-16-23(31-25)20-13-11-19(12-14-20)18-9-7-17(8-10-18)3-1-6-24(29)30/h1-2,4-6,11-18H,3,7-10H2,(H,27,28)(H,29,30). The number of rotatable bonds is 7. The van der Waals surface area contributed by atoms with Crippen LogP contribution in [-0.4, -0.2) is 16.1 Å². The van der Waals surface area contributed by atoms with E-state index in [0.717, 1.165) is 43.4 Å². The fraction of sp³-hybridized carbons (Fsp3) is 0.280. The van der Waals surface area contributed by atoms with Gasteiger partial charge in [0.15, 0.2) is 5.76 Å². The van der Waals surface area contributed by atoms with Crippen LogP contribution >= 0.6 is 11.6 Å². The van der Waals surface area contributed by atoms with Crippen LogP contribution in [0.4, 0.5) is 11.7 Å². The summed E-state index contributed by atoms with van der Waals surface area (Å²) < 4.78 is 5.85. The second-order valence-electron chi connectivity index (χ2n) is 7.98. The third kappa shape index (κ3) is 5.76. The molecule has 1 saturated carbocycles. The molecular formula is C25H25ClN2O3. The maximum atomic E-state index is 10.6. The molecule has 0 amide bonds. The summed E-state index contributed by atoms with van der Waals surface area (Å²) in [5, 5.41) is 12.5. The van der Waals surface area contributed by atoms with Gasteiger partial charge in [-0.15, -0.1) is 0 Å². The second-order valence-corrected chi connectivity index (χ2v) is 8.42. The lowest BCUT2D eigenvalue weighted by Crippen LogP contribution is -2.12. The third-order valence-corrected chi connectivity index (χ3v) is 6.06. The van der Waals surface area contributed by atoms with Gasteiger partial charge in [-0.25, -0.2) is 9.78 Å². The number of oxazole rings is 1. The predicted octanol–water partition coefficient (Wildman–Crippen LogP) is 7.04. The molecule has 4 rings (SSSR count). The van der Waals surface area contributed by atoms with Crippen molar-refractivity contribution in [3.8, 4) is 11.3 Å². The molecule has 0 atom stereocenters. The first kappa shape index (κ1) is 21.2. The fourth-order valence-electron chi connectivity index (χ4n) is 4.17. The van der Waals surface area contributed by atoms with Crippen LogP contribution in [0.5, 0.6) is 0 Å². The van der Waals surface area contributed by atoms with E-state index in [2.05, 4.69) is 34.6 Å². The van der Waals surface area contributed by atoms with Crippen LogP contribution in [0.15, 0.2) is 71.3 Å². The van der Waals surface area contributed by atoms with Crippen molar-refractivity contribution in [3.63, 3.8) is 0 Å². The molecule has 1 aromatic heterocycles. The summed E-state index contributed by atoms with van der Waals surface area (Å²) in [7, 11) is 0. The number of nitrogens with one attached hydrogen (secondary N) is 1. The molecular weight excluding hydrogens is 412 g/mol. The monoisotopic (exact) mass is 436 g/mol. The Morgan fingerprint density at radius 1 is 1.16 bits per heavy atom. The number of halogens is 1. The van der Waals surface area contributed by atoms with E-state index in [4.69, 9.17) is 21.1 Å². The van der Waals surface area contributed by atoms with Crippen LogP contribution in [0.1, 0.15) is 43.6 Å². The van der Waals surface area contributed by atoms with Crippen molar-refractivity contribution >= 4 is 29.3 Å². The van der Waals surface area contributed by atoms with Gasteiger partial charge in [-0.3, -0.25) is 0 Å². The molecule has 6 heteroatoms. The van der Waals surface area contributed by atoms with Gasteiger partial charge in [0.25, 0.3) is 6.01 Å². The zero-order valence-corrected chi connectivity index (χ0v) is 17.9. The van der Waals surface area contributed by atoms with E-state index in [9.17, 15) is 4.79 Å². The molecule has 1 fully saturated rings. The number of carboxylic acids is 1. The summed E-state index contributed by atoms with van der Waals surface area (Å²) in [6.45, 7) is 0. The van der Waals surface area contributed by atoms with Gasteiger partial charge in [-0.1, -0.05) is 48.0 Å². The largest absolute Gasteiger partial charge is 0.478 e. The Morgan fingerprint density at radius 3 is 2.65 bits per heavy atom. The minimum absolute atomic E-state index is 0.427. The molecule has 1 aliphatic carbocycles. The van der Waals surface area contributed by atoms with Crippen molar-refractivity contribution in [2.24, 2.45) is 5.92 Å². The number of carbonyl (C=O) groups is 1. The van der Waals surface area contributed by atoms with E-state index in [0.29, 0.717) is 28.6 Å². The van der Waals surface area contributed by atoms with E-state index in [-0.39, 0.29) is 0 Å². The first-order chi connectivity index (χ1) is 15.1. The van der Waals surface area contributed by atoms with Crippen molar-refractivity contribution < 1.29 is 14.3 Å². The highest BCUT2D eigenvalue weighted by Crippen LogP contribution is 2.38. The van der Waals surface area contributed by atoms with Crippen molar-refractivity contribution in [2.75, 3.05) is 5.32 Å². The first-order valence-corrected chi connectivity index (χ1v) is 10.9. The summed E-state index contributed by atoms with van der Waals surface area (Å²) in [6, 6.07) is 16.4. The number of benzene rings is 2. The van der Waals surface area contributed by atoms with Crippen molar-refractivity contribution in [3.05, 3.63) is 77.5 Å². The first-order valence-electron chi connectivity index (χ1n) is 10.5.